The van der Waals surface area contributed by atoms with Crippen molar-refractivity contribution in [2.45, 2.75) is 13.0 Å². The van der Waals surface area contributed by atoms with E-state index in [4.69, 9.17) is 16.3 Å². The van der Waals surface area contributed by atoms with E-state index in [1.54, 1.807) is 12.1 Å². The van der Waals surface area contributed by atoms with Gasteiger partial charge < -0.3 is 15.4 Å². The molecule has 2 rings (SSSR count). The predicted molar refractivity (Wildman–Crippen MR) is 100 cm³/mol. The second-order valence-electron chi connectivity index (χ2n) is 5.09. The van der Waals surface area contributed by atoms with Crippen molar-refractivity contribution in [2.24, 2.45) is 0 Å². The van der Waals surface area contributed by atoms with Crippen LogP contribution in [-0.4, -0.2) is 26.0 Å². The molecule has 24 heavy (non-hydrogen) atoms. The average Bonchev–Trinajstić information content (AvgIpc) is 2.58. The third-order valence-electron chi connectivity index (χ3n) is 3.36. The quantitative estimate of drug-likeness (QED) is 0.698. The zero-order valence-electron chi connectivity index (χ0n) is 13.5. The first kappa shape index (κ1) is 20.3. The summed E-state index contributed by atoms with van der Waals surface area (Å²) in [7, 11) is 1.89. The molecule has 1 amide bonds. The van der Waals surface area contributed by atoms with E-state index in [0.29, 0.717) is 29.5 Å². The average molecular weight is 369 g/mol. The monoisotopic (exact) mass is 368 g/mol. The van der Waals surface area contributed by atoms with Gasteiger partial charge >= 0.3 is 0 Å². The molecule has 0 unspecified atom stereocenters. The number of amides is 1. The fourth-order valence-corrected chi connectivity index (χ4v) is 2.30. The van der Waals surface area contributed by atoms with Crippen molar-refractivity contribution in [3.05, 3.63) is 64.7 Å². The molecule has 4 nitrogen and oxygen atoms in total. The minimum absolute atomic E-state index is 0. The van der Waals surface area contributed by atoms with Crippen LogP contribution in [0.3, 0.4) is 0 Å². The Bertz CT molecular complexity index is 650. The number of benzene rings is 2. The van der Waals surface area contributed by atoms with Crippen molar-refractivity contribution in [1.29, 1.82) is 0 Å². The Morgan fingerprint density at radius 3 is 2.54 bits per heavy atom. The summed E-state index contributed by atoms with van der Waals surface area (Å²) in [5, 5.41) is 6.60. The molecule has 0 radical (unpaired) electrons. The molecule has 0 spiro atoms. The van der Waals surface area contributed by atoms with E-state index in [1.807, 2.05) is 43.4 Å². The van der Waals surface area contributed by atoms with Crippen LogP contribution in [0.4, 0.5) is 0 Å². The van der Waals surface area contributed by atoms with Gasteiger partial charge in [-0.25, -0.2) is 0 Å². The molecule has 0 saturated carbocycles. The lowest BCUT2D eigenvalue weighted by molar-refractivity contribution is 0.0949. The van der Waals surface area contributed by atoms with Crippen LogP contribution in [0.15, 0.2) is 48.5 Å². The molecule has 0 fully saturated rings. The smallest absolute Gasteiger partial charge is 0.255 e. The summed E-state index contributed by atoms with van der Waals surface area (Å²) in [4.78, 5) is 12.3. The van der Waals surface area contributed by atoms with Crippen LogP contribution >= 0.6 is 24.0 Å². The van der Waals surface area contributed by atoms with Crippen molar-refractivity contribution in [2.75, 3.05) is 20.1 Å². The molecule has 0 heterocycles. The van der Waals surface area contributed by atoms with Crippen LogP contribution in [-0.2, 0) is 6.61 Å². The van der Waals surface area contributed by atoms with E-state index in [0.717, 1.165) is 18.5 Å². The van der Waals surface area contributed by atoms with Gasteiger partial charge in [0.1, 0.15) is 12.4 Å². The molecule has 2 N–H and O–H groups in total. The molecule has 0 aliphatic carbocycles. The molecule has 0 bridgehead atoms. The number of para-hydroxylation sites is 1. The first-order chi connectivity index (χ1) is 11.2. The Labute approximate surface area is 154 Å². The van der Waals surface area contributed by atoms with Gasteiger partial charge in [-0.3, -0.25) is 4.79 Å². The lowest BCUT2D eigenvalue weighted by atomic mass is 10.2. The summed E-state index contributed by atoms with van der Waals surface area (Å²) < 4.78 is 5.80. The maximum atomic E-state index is 12.3. The predicted octanol–water partition coefficient (Wildman–Crippen LogP) is 3.68. The van der Waals surface area contributed by atoms with E-state index in [1.165, 1.54) is 0 Å². The molecule has 0 aromatic heterocycles. The number of carbonyl (C=O) groups is 1. The molecule has 2 aromatic rings. The molecule has 0 saturated heterocycles. The topological polar surface area (TPSA) is 50.4 Å². The van der Waals surface area contributed by atoms with Gasteiger partial charge in [0.05, 0.1) is 5.56 Å². The number of halogens is 2. The van der Waals surface area contributed by atoms with Gasteiger partial charge in [0.15, 0.2) is 0 Å². The summed E-state index contributed by atoms with van der Waals surface area (Å²) in [6.45, 7) is 1.81. The second-order valence-corrected chi connectivity index (χ2v) is 5.50. The molecule has 0 aliphatic rings. The number of hydrogen-bond acceptors (Lipinski definition) is 3. The molecule has 0 aliphatic heterocycles. The minimum atomic E-state index is -0.129. The molecule has 0 atom stereocenters. The summed E-state index contributed by atoms with van der Waals surface area (Å²) in [5.74, 6) is 0.425. The lowest BCUT2D eigenvalue weighted by Crippen LogP contribution is -2.27. The zero-order valence-corrected chi connectivity index (χ0v) is 15.1. The number of nitrogens with one attached hydrogen (secondary N) is 2. The normalized spacial score (nSPS) is 9.92. The van der Waals surface area contributed by atoms with Gasteiger partial charge in [-0.1, -0.05) is 41.9 Å². The number of carbonyl (C=O) groups excluding carboxylic acids is 1. The van der Waals surface area contributed by atoms with Crippen molar-refractivity contribution < 1.29 is 9.53 Å². The molecule has 6 heteroatoms. The number of rotatable bonds is 8. The second kappa shape index (κ2) is 10.9. The number of hydrogen-bond donors (Lipinski definition) is 2. The maximum Gasteiger partial charge on any atom is 0.255 e. The van der Waals surface area contributed by atoms with Gasteiger partial charge in [-0.15, -0.1) is 12.4 Å². The van der Waals surface area contributed by atoms with Crippen molar-refractivity contribution >= 4 is 29.9 Å². The first-order valence-corrected chi connectivity index (χ1v) is 7.98. The van der Waals surface area contributed by atoms with Gasteiger partial charge in [-0.05, 0) is 38.2 Å². The van der Waals surface area contributed by atoms with E-state index in [9.17, 15) is 4.79 Å². The van der Waals surface area contributed by atoms with Crippen LogP contribution in [0.2, 0.25) is 5.02 Å². The summed E-state index contributed by atoms with van der Waals surface area (Å²) in [6.07, 6.45) is 0.880. The fourth-order valence-electron chi connectivity index (χ4n) is 2.11. The Morgan fingerprint density at radius 2 is 1.79 bits per heavy atom. The van der Waals surface area contributed by atoms with Crippen LogP contribution in [0, 0.1) is 0 Å². The maximum absolute atomic E-state index is 12.3. The van der Waals surface area contributed by atoms with Crippen LogP contribution in [0.1, 0.15) is 22.3 Å². The van der Waals surface area contributed by atoms with Gasteiger partial charge in [-0.2, -0.15) is 0 Å². The Kier molecular flexibility index (Phi) is 9.23. The third-order valence-corrected chi connectivity index (χ3v) is 3.73. The number of ether oxygens (including phenoxy) is 1. The van der Waals surface area contributed by atoms with Crippen molar-refractivity contribution in [3.8, 4) is 5.75 Å². The molecule has 130 valence electrons. The van der Waals surface area contributed by atoms with Crippen LogP contribution in [0.5, 0.6) is 5.75 Å². The largest absolute Gasteiger partial charge is 0.488 e. The first-order valence-electron chi connectivity index (χ1n) is 7.60. The minimum Gasteiger partial charge on any atom is -0.488 e. The van der Waals surface area contributed by atoms with Gasteiger partial charge in [0.25, 0.3) is 5.91 Å². The fraction of sp³-hybridized carbons (Fsp3) is 0.278. The van der Waals surface area contributed by atoms with Crippen LogP contribution < -0.4 is 15.4 Å². The highest BCUT2D eigenvalue weighted by Crippen LogP contribution is 2.21. The van der Waals surface area contributed by atoms with Crippen molar-refractivity contribution in [1.82, 2.24) is 10.6 Å². The van der Waals surface area contributed by atoms with Crippen molar-refractivity contribution in [3.63, 3.8) is 0 Å². The lowest BCUT2D eigenvalue weighted by Gasteiger charge is -2.12. The van der Waals surface area contributed by atoms with Gasteiger partial charge in [0.2, 0.25) is 0 Å². The highest BCUT2D eigenvalue weighted by atomic mass is 35.5. The summed E-state index contributed by atoms with van der Waals surface area (Å²) in [6, 6.07) is 14.7. The summed E-state index contributed by atoms with van der Waals surface area (Å²) in [5.41, 5.74) is 1.42. The van der Waals surface area contributed by atoms with E-state index >= 15 is 0 Å². The Hall–Kier alpha value is -1.75. The Morgan fingerprint density at radius 1 is 1.08 bits per heavy atom. The third kappa shape index (κ3) is 6.04. The molecular weight excluding hydrogens is 347 g/mol. The SMILES string of the molecule is CNCCCNC(=O)c1ccccc1OCc1ccccc1Cl.Cl. The molecular formula is C18H22Cl2N2O2. The highest BCUT2D eigenvalue weighted by molar-refractivity contribution is 6.31. The van der Waals surface area contributed by atoms with Crippen LogP contribution in [0.25, 0.3) is 0 Å². The van der Waals surface area contributed by atoms with E-state index < -0.39 is 0 Å². The zero-order chi connectivity index (χ0) is 16.5. The summed E-state index contributed by atoms with van der Waals surface area (Å²) >= 11 is 6.13. The molecule has 2 aromatic carbocycles. The Balaban J connectivity index is 0.00000288. The van der Waals surface area contributed by atoms with E-state index in [-0.39, 0.29) is 18.3 Å². The highest BCUT2D eigenvalue weighted by Gasteiger charge is 2.12. The standard InChI is InChI=1S/C18H21ClN2O2.ClH/c1-20-11-6-12-21-18(22)15-8-3-5-10-17(15)23-13-14-7-2-4-9-16(14)19;/h2-5,7-10,20H,6,11-13H2,1H3,(H,21,22);1H. The van der Waals surface area contributed by atoms with E-state index in [2.05, 4.69) is 10.6 Å². The van der Waals surface area contributed by atoms with Gasteiger partial charge in [0, 0.05) is 17.1 Å².